The van der Waals surface area contributed by atoms with Crippen molar-refractivity contribution in [2.45, 2.75) is 69.6 Å². The molecule has 54 heavy (non-hydrogen) atoms. The number of nitrogens with zero attached hydrogens (tertiary/aromatic N) is 5. The van der Waals surface area contributed by atoms with Gasteiger partial charge in [-0.05, 0) is 51.8 Å². The van der Waals surface area contributed by atoms with Crippen molar-refractivity contribution in [3.63, 3.8) is 0 Å². The molecule has 2 aromatic heterocycles. The first kappa shape index (κ1) is 37.8. The molecular weight excluding hydrogens is 762 g/mol. The quantitative estimate of drug-likeness (QED) is 0.145. The van der Waals surface area contributed by atoms with Crippen LogP contribution in [0.25, 0.3) is 32.1 Å². The van der Waals surface area contributed by atoms with E-state index in [1.807, 2.05) is 11.0 Å². The highest BCUT2D eigenvalue weighted by molar-refractivity contribution is 7.23. The van der Waals surface area contributed by atoms with Gasteiger partial charge in [0, 0.05) is 23.9 Å². The van der Waals surface area contributed by atoms with E-state index in [2.05, 4.69) is 21.9 Å². The van der Waals surface area contributed by atoms with E-state index in [-0.39, 0.29) is 56.9 Å². The topological polar surface area (TPSA) is 113 Å². The Hall–Kier alpha value is -4.53. The number of alkyl halides is 4. The molecule has 10 nitrogen and oxygen atoms in total. The second kappa shape index (κ2) is 13.6. The monoisotopic (exact) mass is 794 g/mol. The molecule has 7 rings (SSSR count). The Balaban J connectivity index is 1.44. The molecule has 2 aromatic carbocycles. The van der Waals surface area contributed by atoms with Gasteiger partial charge in [0.25, 0.3) is 0 Å². The van der Waals surface area contributed by atoms with E-state index < -0.39 is 88.3 Å². The van der Waals surface area contributed by atoms with Gasteiger partial charge in [0.15, 0.2) is 11.6 Å². The zero-order chi connectivity index (χ0) is 38.9. The lowest BCUT2D eigenvalue weighted by Crippen LogP contribution is -2.44. The van der Waals surface area contributed by atoms with Crippen LogP contribution in [0.5, 0.6) is 11.8 Å². The van der Waals surface area contributed by atoms with Crippen LogP contribution in [-0.2, 0) is 4.74 Å². The predicted molar refractivity (Wildman–Crippen MR) is 191 cm³/mol. The maximum Gasteiger partial charge on any atom is 0.412 e. The van der Waals surface area contributed by atoms with E-state index >= 15 is 8.78 Å². The van der Waals surface area contributed by atoms with E-state index in [4.69, 9.17) is 25.8 Å². The van der Waals surface area contributed by atoms with Crippen molar-refractivity contribution in [2.24, 2.45) is 0 Å². The van der Waals surface area contributed by atoms with Crippen molar-refractivity contribution in [3.8, 4) is 29.0 Å². The summed E-state index contributed by atoms with van der Waals surface area (Å²) in [7, 11) is 0. The Morgan fingerprint density at radius 2 is 2.02 bits per heavy atom. The van der Waals surface area contributed by atoms with Crippen molar-refractivity contribution in [2.75, 3.05) is 43.1 Å². The molecule has 0 aliphatic carbocycles. The SMILES string of the molecule is C=C[C@H]1COc2c(Cl)c(-c3ccc(F)c4sc(NC(=O)OC(C)(C)C)c(C#N)c34)c(F)c3nc(OC[C@@]45CCCN4C[C@H](F)C5)nc(c23)N1CC(F)(F)F. The number of carbonyl (C=O) groups is 1. The highest BCUT2D eigenvalue weighted by Gasteiger charge is 2.49. The van der Waals surface area contributed by atoms with Crippen LogP contribution >= 0.6 is 22.9 Å². The van der Waals surface area contributed by atoms with Gasteiger partial charge in [0.1, 0.15) is 59.8 Å². The van der Waals surface area contributed by atoms with Gasteiger partial charge in [0.05, 0.1) is 32.3 Å². The van der Waals surface area contributed by atoms with Crippen LogP contribution in [-0.4, -0.2) is 83.3 Å². The molecule has 1 N–H and O–H groups in total. The highest BCUT2D eigenvalue weighted by atomic mass is 35.5. The number of fused-ring (bicyclic) bond motifs is 2. The van der Waals surface area contributed by atoms with Gasteiger partial charge in [-0.1, -0.05) is 23.7 Å². The highest BCUT2D eigenvalue weighted by Crippen LogP contribution is 2.52. The minimum absolute atomic E-state index is 0.0838. The van der Waals surface area contributed by atoms with Gasteiger partial charge in [-0.3, -0.25) is 10.2 Å². The van der Waals surface area contributed by atoms with E-state index in [0.29, 0.717) is 24.3 Å². The van der Waals surface area contributed by atoms with Crippen LogP contribution in [0.4, 0.5) is 42.0 Å². The Labute approximate surface area is 314 Å². The number of nitriles is 1. The van der Waals surface area contributed by atoms with Gasteiger partial charge in [-0.2, -0.15) is 28.4 Å². The summed E-state index contributed by atoms with van der Waals surface area (Å²) >= 11 is 7.63. The lowest BCUT2D eigenvalue weighted by Gasteiger charge is -2.31. The summed E-state index contributed by atoms with van der Waals surface area (Å²) in [6.45, 7) is 7.34. The average molecular weight is 795 g/mol. The molecule has 2 fully saturated rings. The molecule has 3 atom stereocenters. The summed E-state index contributed by atoms with van der Waals surface area (Å²) in [5.41, 5.74) is -2.87. The van der Waals surface area contributed by atoms with Gasteiger partial charge in [0.2, 0.25) is 0 Å². The maximum absolute atomic E-state index is 17.3. The van der Waals surface area contributed by atoms with Crippen LogP contribution in [0.1, 0.15) is 45.6 Å². The largest absolute Gasteiger partial charge is 0.489 e. The zero-order valence-electron chi connectivity index (χ0n) is 29.2. The normalized spacial score (nSPS) is 21.5. The number of rotatable bonds is 7. The van der Waals surface area contributed by atoms with Crippen molar-refractivity contribution in [1.82, 2.24) is 14.9 Å². The summed E-state index contributed by atoms with van der Waals surface area (Å²) in [6, 6.07) is 2.55. The Morgan fingerprint density at radius 1 is 1.26 bits per heavy atom. The zero-order valence-corrected chi connectivity index (χ0v) is 30.7. The van der Waals surface area contributed by atoms with Gasteiger partial charge in [-0.25, -0.2) is 18.0 Å². The number of aromatic nitrogens is 2. The van der Waals surface area contributed by atoms with Gasteiger partial charge in [-0.15, -0.1) is 17.9 Å². The second-order valence-electron chi connectivity index (χ2n) is 14.5. The molecule has 0 bridgehead atoms. The Kier molecular flexibility index (Phi) is 9.54. The molecule has 0 unspecified atom stereocenters. The smallest absolute Gasteiger partial charge is 0.412 e. The fourth-order valence-electron chi connectivity index (χ4n) is 7.49. The molecule has 0 radical (unpaired) electrons. The number of amides is 1. The van der Waals surface area contributed by atoms with E-state index in [1.54, 1.807) is 20.8 Å². The lowest BCUT2D eigenvalue weighted by molar-refractivity contribution is -0.120. The van der Waals surface area contributed by atoms with Crippen molar-refractivity contribution >= 4 is 60.8 Å². The van der Waals surface area contributed by atoms with Crippen molar-refractivity contribution in [1.29, 1.82) is 5.26 Å². The number of hydrogen-bond donors (Lipinski definition) is 1. The number of nitrogens with one attached hydrogen (secondary N) is 1. The standard InChI is InChI=1S/C36H33ClF6N6O4S/c1-5-18-14-51-28-24-27(45-32(46-30(24)49(18)15-36(41,42)43)52-16-35-9-6-10-48(35)13-17(38)11-35)26(40)23(25(28)37)19-7-8-21(39)29-22(19)20(12-44)31(54-29)47-33(50)53-34(2,3)4/h5,7-8,17-18H,1,6,9-11,13-16H2,2-4H3,(H,47,50)/t17-,18+,35+/m1/s1. The summed E-state index contributed by atoms with van der Waals surface area (Å²) in [5.74, 6) is -2.61. The Bertz CT molecular complexity index is 2240. The summed E-state index contributed by atoms with van der Waals surface area (Å²) in [6.07, 6.45) is -4.00. The van der Waals surface area contributed by atoms with Crippen LogP contribution in [0.15, 0.2) is 24.8 Å². The number of anilines is 2. The first-order valence-electron chi connectivity index (χ1n) is 16.9. The van der Waals surface area contributed by atoms with Crippen LogP contribution in [0.2, 0.25) is 5.02 Å². The summed E-state index contributed by atoms with van der Waals surface area (Å²) in [4.78, 5) is 24.2. The van der Waals surface area contributed by atoms with Crippen LogP contribution in [0, 0.1) is 23.0 Å². The summed E-state index contributed by atoms with van der Waals surface area (Å²) < 4.78 is 107. The fourth-order valence-corrected chi connectivity index (χ4v) is 8.90. The van der Waals surface area contributed by atoms with Crippen molar-refractivity contribution in [3.05, 3.63) is 47.0 Å². The number of thiophene rings is 1. The lowest BCUT2D eigenvalue weighted by atomic mass is 9.95. The molecule has 18 heteroatoms. The third kappa shape index (κ3) is 6.72. The van der Waals surface area contributed by atoms with Crippen molar-refractivity contribution < 1.29 is 45.3 Å². The molecule has 1 amide bonds. The van der Waals surface area contributed by atoms with E-state index in [0.717, 1.165) is 17.4 Å². The summed E-state index contributed by atoms with van der Waals surface area (Å²) in [5, 5.41) is 11.8. The molecule has 4 aromatic rings. The number of halogens is 7. The molecule has 3 aliphatic rings. The molecule has 0 spiro atoms. The number of carbonyl (C=O) groups excluding carboxylic acids is 1. The van der Waals surface area contributed by atoms with Gasteiger partial charge < -0.3 is 19.1 Å². The minimum atomic E-state index is -4.76. The molecule has 286 valence electrons. The fraction of sp³-hybridized carbons (Fsp3) is 0.444. The number of ether oxygens (including phenoxy) is 3. The minimum Gasteiger partial charge on any atom is -0.489 e. The molecule has 3 aliphatic heterocycles. The third-order valence-electron chi connectivity index (χ3n) is 9.65. The number of hydrogen-bond acceptors (Lipinski definition) is 10. The van der Waals surface area contributed by atoms with E-state index in [9.17, 15) is 27.6 Å². The first-order chi connectivity index (χ1) is 25.4. The first-order valence-corrected chi connectivity index (χ1v) is 18.1. The van der Waals surface area contributed by atoms with E-state index in [1.165, 1.54) is 12.1 Å². The molecule has 0 saturated carbocycles. The van der Waals surface area contributed by atoms with Gasteiger partial charge >= 0.3 is 18.3 Å². The van der Waals surface area contributed by atoms with Crippen LogP contribution in [0.3, 0.4) is 0 Å². The van der Waals surface area contributed by atoms with Crippen LogP contribution < -0.4 is 19.7 Å². The second-order valence-corrected chi connectivity index (χ2v) is 15.8. The number of benzene rings is 2. The predicted octanol–water partition coefficient (Wildman–Crippen LogP) is 8.93. The molecule has 2 saturated heterocycles. The third-order valence-corrected chi connectivity index (χ3v) is 11.1. The average Bonchev–Trinajstić information content (AvgIpc) is 3.70. The maximum atomic E-state index is 17.3. The molecular formula is C36H33ClF6N6O4S. The Morgan fingerprint density at radius 3 is 2.70 bits per heavy atom. The molecule has 5 heterocycles.